The molecule has 1 saturated heterocycles. The van der Waals surface area contributed by atoms with Gasteiger partial charge >= 0.3 is 5.97 Å². The number of anilines is 1. The van der Waals surface area contributed by atoms with Gasteiger partial charge in [-0.2, -0.15) is 0 Å². The topological polar surface area (TPSA) is 141 Å². The quantitative estimate of drug-likeness (QED) is 0.159. The molecule has 2 aliphatic heterocycles. The maximum atomic E-state index is 14.0. The van der Waals surface area contributed by atoms with Crippen molar-refractivity contribution in [1.82, 2.24) is 10.2 Å². The lowest BCUT2D eigenvalue weighted by Gasteiger charge is -2.30. The van der Waals surface area contributed by atoms with Gasteiger partial charge in [-0.25, -0.2) is 0 Å². The molecule has 1 fully saturated rings. The van der Waals surface area contributed by atoms with E-state index in [0.29, 0.717) is 73.9 Å². The Morgan fingerprint density at radius 1 is 1.06 bits per heavy atom. The molecule has 12 heteroatoms. The summed E-state index contributed by atoms with van der Waals surface area (Å²) < 4.78 is 18.1. The Morgan fingerprint density at radius 2 is 1.81 bits per heavy atom. The number of hydrogen-bond acceptors (Lipinski definition) is 8. The van der Waals surface area contributed by atoms with Crippen LogP contribution in [0.15, 0.2) is 24.3 Å². The molecule has 1 unspecified atom stereocenters. The number of fused-ring (bicyclic) bond motifs is 1. The third-order valence-corrected chi connectivity index (χ3v) is 8.36. The van der Waals surface area contributed by atoms with Gasteiger partial charge in [0.25, 0.3) is 5.91 Å². The van der Waals surface area contributed by atoms with E-state index < -0.39 is 5.97 Å². The Bertz CT molecular complexity index is 1470. The molecule has 2 aliphatic rings. The van der Waals surface area contributed by atoms with Crippen LogP contribution in [0.1, 0.15) is 97.7 Å². The van der Waals surface area contributed by atoms with E-state index in [4.69, 9.17) is 24.7 Å². The van der Waals surface area contributed by atoms with Crippen molar-refractivity contribution in [2.24, 2.45) is 0 Å². The number of hydrogen-bond donors (Lipinski definition) is 3. The third-order valence-electron chi connectivity index (χ3n) is 8.36. The van der Waals surface area contributed by atoms with Gasteiger partial charge in [0.2, 0.25) is 0 Å². The summed E-state index contributed by atoms with van der Waals surface area (Å²) in [6.45, 7) is 13.2. The number of ether oxygens (including phenoxy) is 3. The summed E-state index contributed by atoms with van der Waals surface area (Å²) in [6, 6.07) is 7.26. The highest BCUT2D eigenvalue weighted by Gasteiger charge is 2.33. The molecule has 258 valence electrons. The van der Waals surface area contributed by atoms with Crippen LogP contribution in [-0.2, 0) is 21.5 Å². The van der Waals surface area contributed by atoms with Gasteiger partial charge in [0.05, 0.1) is 37.1 Å². The highest BCUT2D eigenvalue weighted by atomic mass is 79.9. The molecule has 2 aromatic rings. The Labute approximate surface area is 288 Å². The van der Waals surface area contributed by atoms with Crippen molar-refractivity contribution in [3.8, 4) is 11.5 Å². The van der Waals surface area contributed by atoms with Gasteiger partial charge in [-0.3, -0.25) is 19.8 Å². The van der Waals surface area contributed by atoms with Crippen molar-refractivity contribution >= 4 is 46.2 Å². The number of carbonyl (C=O) groups is 3. The number of nitrogens with zero attached hydrogens (tertiary/aromatic N) is 2. The summed E-state index contributed by atoms with van der Waals surface area (Å²) >= 11 is 0. The number of carbonyl (C=O) groups excluding carboxylic acids is 2. The largest absolute Gasteiger partial charge is 0.493 e. The Kier molecular flexibility index (Phi) is 13.2. The molecule has 0 aromatic heterocycles. The van der Waals surface area contributed by atoms with E-state index in [-0.39, 0.29) is 59.0 Å². The van der Waals surface area contributed by atoms with Crippen LogP contribution in [0.4, 0.5) is 5.69 Å². The number of Topliss-reactive ketones (excluding diaryl/α,β-unsaturated/α-hetero) is 1. The zero-order chi connectivity index (χ0) is 33.6. The van der Waals surface area contributed by atoms with Crippen molar-refractivity contribution in [3.63, 3.8) is 0 Å². The van der Waals surface area contributed by atoms with Gasteiger partial charge in [0.1, 0.15) is 17.3 Å². The number of benzene rings is 2. The molecule has 0 spiro atoms. The fraction of sp³-hybridized carbons (Fsp3) is 0.543. The highest BCUT2D eigenvalue weighted by Crippen LogP contribution is 2.42. The average Bonchev–Trinajstić information content (AvgIpc) is 3.59. The van der Waals surface area contributed by atoms with Gasteiger partial charge in [-0.1, -0.05) is 20.8 Å². The molecule has 0 bridgehead atoms. The third kappa shape index (κ3) is 9.04. The number of ketones is 1. The zero-order valence-corrected chi connectivity index (χ0v) is 30.1. The summed E-state index contributed by atoms with van der Waals surface area (Å²) in [4.78, 5) is 41.5. The van der Waals surface area contributed by atoms with Crippen LogP contribution < -0.4 is 19.7 Å². The number of halogens is 1. The van der Waals surface area contributed by atoms with Crippen molar-refractivity contribution in [1.29, 1.82) is 5.41 Å². The van der Waals surface area contributed by atoms with Crippen molar-refractivity contribution in [3.05, 3.63) is 52.1 Å². The first-order chi connectivity index (χ1) is 21.9. The summed E-state index contributed by atoms with van der Waals surface area (Å²) in [5.41, 5.74) is 3.68. The highest BCUT2D eigenvalue weighted by molar-refractivity contribution is 8.93. The normalized spacial score (nSPS) is 15.7. The Morgan fingerprint density at radius 3 is 2.45 bits per heavy atom. The zero-order valence-electron chi connectivity index (χ0n) is 28.4. The number of rotatable bonds is 15. The second-order valence-corrected chi connectivity index (χ2v) is 12.8. The van der Waals surface area contributed by atoms with Gasteiger partial charge in [-0.15, -0.1) is 17.0 Å². The predicted molar refractivity (Wildman–Crippen MR) is 187 cm³/mol. The number of carboxylic acids is 1. The first kappa shape index (κ1) is 37.8. The van der Waals surface area contributed by atoms with E-state index in [0.717, 1.165) is 29.8 Å². The molecule has 0 saturated carbocycles. The number of nitrogens with one attached hydrogen (secondary N) is 2. The fourth-order valence-corrected chi connectivity index (χ4v) is 6.00. The summed E-state index contributed by atoms with van der Waals surface area (Å²) in [5, 5.41) is 20.6. The molecule has 3 N–H and O–H groups in total. The van der Waals surface area contributed by atoms with E-state index >= 15 is 0 Å². The summed E-state index contributed by atoms with van der Waals surface area (Å²) in [6.07, 6.45) is 2.15. The molecule has 1 amide bonds. The molecule has 11 nitrogen and oxygen atoms in total. The number of carboxylic acid groups (broad SMARTS) is 1. The minimum absolute atomic E-state index is 0. The Hall–Kier alpha value is -3.64. The average molecular weight is 718 g/mol. The molecule has 1 atom stereocenters. The maximum absolute atomic E-state index is 14.0. The number of amides is 1. The minimum atomic E-state index is -0.825. The summed E-state index contributed by atoms with van der Waals surface area (Å²) in [5.74, 6) is 0.100. The van der Waals surface area contributed by atoms with Gasteiger partial charge in [0, 0.05) is 56.4 Å². The lowest BCUT2D eigenvalue weighted by atomic mass is 9.84. The van der Waals surface area contributed by atoms with Gasteiger partial charge < -0.3 is 34.4 Å². The van der Waals surface area contributed by atoms with E-state index in [1.165, 1.54) is 0 Å². The second kappa shape index (κ2) is 16.5. The van der Waals surface area contributed by atoms with Crippen LogP contribution in [0.3, 0.4) is 0 Å². The molecule has 0 aliphatic carbocycles. The number of unbranched alkanes of at least 4 members (excludes halogenated alkanes) is 1. The Balaban J connectivity index is 0.00000600. The van der Waals surface area contributed by atoms with Crippen LogP contribution >= 0.6 is 17.0 Å². The van der Waals surface area contributed by atoms with E-state index in [9.17, 15) is 14.4 Å². The van der Waals surface area contributed by atoms with Crippen LogP contribution in [0, 0.1) is 5.41 Å². The first-order valence-corrected chi connectivity index (χ1v) is 16.2. The maximum Gasteiger partial charge on any atom is 0.303 e. The van der Waals surface area contributed by atoms with Crippen molar-refractivity contribution in [2.45, 2.75) is 78.4 Å². The minimum Gasteiger partial charge on any atom is -0.493 e. The van der Waals surface area contributed by atoms with Crippen LogP contribution in [-0.4, -0.2) is 86.1 Å². The molecule has 2 heterocycles. The van der Waals surface area contributed by atoms with Gasteiger partial charge in [-0.05, 0) is 68.4 Å². The molecular weight excluding hydrogens is 668 g/mol. The molecule has 47 heavy (non-hydrogen) atoms. The van der Waals surface area contributed by atoms with Crippen LogP contribution in [0.25, 0.3) is 0 Å². The van der Waals surface area contributed by atoms with E-state index in [2.05, 4.69) is 31.0 Å². The second-order valence-electron chi connectivity index (χ2n) is 12.8. The molecule has 4 rings (SSSR count). The van der Waals surface area contributed by atoms with E-state index in [1.54, 1.807) is 24.1 Å². The van der Waals surface area contributed by atoms with Crippen molar-refractivity contribution < 1.29 is 33.7 Å². The smallest absolute Gasteiger partial charge is 0.303 e. The predicted octanol–water partition coefficient (Wildman–Crippen LogP) is 5.59. The molecule has 0 radical (unpaired) electrons. The van der Waals surface area contributed by atoms with E-state index in [1.807, 2.05) is 26.0 Å². The first-order valence-electron chi connectivity index (χ1n) is 16.2. The standard InChI is InChI=1S/C35H48N4O7.BrH/c1-7-44-24-12-13-38(20-24)28-16-22(15-27(35(3,4)5)32(28)46-14-10-9-11-31(41)42)29(40)21-39-19-23-17-30(45-8-2)26(34(43)37-6)18-25(23)33(39)36;/h15-18,24,36H,7-14,19-21H2,1-6H3,(H,37,43)(H,41,42);1H. The SMILES string of the molecule is Br.CCOc1cc2c(cc1C(=O)NC)C(=N)N(CC(=O)c1cc(N3CCC(OCC)C3)c(OCCCCC(=O)O)c(C(C)(C)C)c1)C2. The molecular formula is C35H49BrN4O7. The lowest BCUT2D eigenvalue weighted by Crippen LogP contribution is -2.31. The molecule has 2 aromatic carbocycles. The van der Waals surface area contributed by atoms with Crippen LogP contribution in [0.2, 0.25) is 0 Å². The number of amidine groups is 1. The lowest BCUT2D eigenvalue weighted by molar-refractivity contribution is -0.137. The van der Waals surface area contributed by atoms with Crippen LogP contribution in [0.5, 0.6) is 11.5 Å². The number of aliphatic carboxylic acids is 1. The van der Waals surface area contributed by atoms with Crippen molar-refractivity contribution in [2.75, 3.05) is 51.4 Å². The summed E-state index contributed by atoms with van der Waals surface area (Å²) in [7, 11) is 1.55. The van der Waals surface area contributed by atoms with Gasteiger partial charge in [0.15, 0.2) is 5.78 Å². The monoisotopic (exact) mass is 716 g/mol. The fourth-order valence-electron chi connectivity index (χ4n) is 6.00.